The number of hydrogen-bond acceptors (Lipinski definition) is 3. The van der Waals surface area contributed by atoms with Crippen molar-refractivity contribution in [3.8, 4) is 5.75 Å². The number of amides is 2. The van der Waals surface area contributed by atoms with Gasteiger partial charge in [0.2, 0.25) is 5.91 Å². The molecule has 154 valence electrons. The molecular formula is C23H27ClN2O3. The van der Waals surface area contributed by atoms with Crippen LogP contribution in [0.1, 0.15) is 41.6 Å². The van der Waals surface area contributed by atoms with E-state index in [4.69, 9.17) is 16.3 Å². The van der Waals surface area contributed by atoms with Gasteiger partial charge in [-0.25, -0.2) is 0 Å². The lowest BCUT2D eigenvalue weighted by molar-refractivity contribution is -0.121. The van der Waals surface area contributed by atoms with E-state index in [9.17, 15) is 9.59 Å². The van der Waals surface area contributed by atoms with Crippen LogP contribution in [0.5, 0.6) is 5.75 Å². The van der Waals surface area contributed by atoms with Crippen molar-refractivity contribution in [2.24, 2.45) is 5.92 Å². The molecule has 0 bridgehead atoms. The Morgan fingerprint density at radius 2 is 1.93 bits per heavy atom. The number of carbonyl (C=O) groups is 2. The number of likely N-dealkylation sites (tertiary alicyclic amines) is 1. The van der Waals surface area contributed by atoms with Crippen LogP contribution in [0.15, 0.2) is 48.5 Å². The van der Waals surface area contributed by atoms with Crippen molar-refractivity contribution in [2.75, 3.05) is 20.2 Å². The van der Waals surface area contributed by atoms with E-state index in [0.717, 1.165) is 31.4 Å². The van der Waals surface area contributed by atoms with Gasteiger partial charge < -0.3 is 15.0 Å². The number of nitrogens with zero attached hydrogens (tertiary/aromatic N) is 1. The molecule has 6 heteroatoms. The normalized spacial score (nSPS) is 16.3. The van der Waals surface area contributed by atoms with Gasteiger partial charge in [0.1, 0.15) is 5.75 Å². The molecule has 1 aliphatic rings. The van der Waals surface area contributed by atoms with E-state index in [2.05, 4.69) is 5.32 Å². The maximum absolute atomic E-state index is 12.9. The molecule has 5 nitrogen and oxygen atoms in total. The highest BCUT2D eigenvalue weighted by Crippen LogP contribution is 2.25. The maximum Gasteiger partial charge on any atom is 0.257 e. The third-order valence-electron chi connectivity index (χ3n) is 5.36. The first-order chi connectivity index (χ1) is 14.1. The Kier molecular flexibility index (Phi) is 7.53. The molecule has 1 atom stereocenters. The Bertz CT molecular complexity index is 856. The lowest BCUT2D eigenvalue weighted by Gasteiger charge is -2.33. The Hall–Kier alpha value is -2.53. The number of para-hydroxylation sites is 1. The van der Waals surface area contributed by atoms with Gasteiger partial charge in [-0.3, -0.25) is 9.59 Å². The molecule has 3 rings (SSSR count). The second-order valence-corrected chi connectivity index (χ2v) is 7.77. The van der Waals surface area contributed by atoms with Gasteiger partial charge in [0.25, 0.3) is 5.91 Å². The summed E-state index contributed by atoms with van der Waals surface area (Å²) in [6, 6.07) is 14.8. The first-order valence-corrected chi connectivity index (χ1v) is 10.4. The van der Waals surface area contributed by atoms with Crippen LogP contribution in [0.3, 0.4) is 0 Å². The van der Waals surface area contributed by atoms with Crippen LogP contribution in [-0.4, -0.2) is 36.9 Å². The second kappa shape index (κ2) is 10.3. The summed E-state index contributed by atoms with van der Waals surface area (Å²) in [5.41, 5.74) is 1.50. The molecule has 1 N–H and O–H groups in total. The number of rotatable bonds is 7. The van der Waals surface area contributed by atoms with Gasteiger partial charge >= 0.3 is 0 Å². The molecule has 2 aromatic rings. The average Bonchev–Trinajstić information content (AvgIpc) is 2.76. The highest BCUT2D eigenvalue weighted by Gasteiger charge is 2.26. The lowest BCUT2D eigenvalue weighted by Crippen LogP contribution is -2.40. The van der Waals surface area contributed by atoms with Gasteiger partial charge in [0.15, 0.2) is 0 Å². The first-order valence-electron chi connectivity index (χ1n) is 10.0. The van der Waals surface area contributed by atoms with Gasteiger partial charge in [-0.15, -0.1) is 0 Å². The van der Waals surface area contributed by atoms with Crippen molar-refractivity contribution in [3.05, 3.63) is 64.7 Å². The zero-order valence-corrected chi connectivity index (χ0v) is 17.5. The fourth-order valence-electron chi connectivity index (χ4n) is 3.74. The molecule has 2 aromatic carbocycles. The number of halogens is 1. The van der Waals surface area contributed by atoms with Crippen molar-refractivity contribution in [2.45, 2.75) is 32.2 Å². The highest BCUT2D eigenvalue weighted by atomic mass is 35.5. The second-order valence-electron chi connectivity index (χ2n) is 7.37. The Morgan fingerprint density at radius 3 is 2.72 bits per heavy atom. The number of benzene rings is 2. The standard InChI is InChI=1S/C23H27ClN2O3/c1-29-21-11-5-3-9-19(21)23(28)26-14-6-7-17(16-26)12-13-22(27)25-15-18-8-2-4-10-20(18)24/h2-5,8-11,17H,6-7,12-16H2,1H3,(H,25,27). The molecule has 0 spiro atoms. The molecule has 0 radical (unpaired) electrons. The summed E-state index contributed by atoms with van der Waals surface area (Å²) in [6.45, 7) is 1.85. The zero-order chi connectivity index (χ0) is 20.6. The molecule has 0 aliphatic carbocycles. The monoisotopic (exact) mass is 414 g/mol. The summed E-state index contributed by atoms with van der Waals surface area (Å²) < 4.78 is 5.33. The van der Waals surface area contributed by atoms with Crippen LogP contribution >= 0.6 is 11.6 Å². The van der Waals surface area contributed by atoms with Crippen molar-refractivity contribution in [1.82, 2.24) is 10.2 Å². The van der Waals surface area contributed by atoms with Crippen molar-refractivity contribution in [1.29, 1.82) is 0 Å². The first kappa shape index (κ1) is 21.2. The number of carbonyl (C=O) groups excluding carboxylic acids is 2. The Labute approximate surface area is 177 Å². The van der Waals surface area contributed by atoms with E-state index >= 15 is 0 Å². The summed E-state index contributed by atoms with van der Waals surface area (Å²) in [5.74, 6) is 0.931. The third kappa shape index (κ3) is 5.73. The van der Waals surface area contributed by atoms with Crippen molar-refractivity contribution >= 4 is 23.4 Å². The molecular weight excluding hydrogens is 388 g/mol. The van der Waals surface area contributed by atoms with Crippen LogP contribution in [0.4, 0.5) is 0 Å². The minimum atomic E-state index is -0.00433. The summed E-state index contributed by atoms with van der Waals surface area (Å²) >= 11 is 6.13. The third-order valence-corrected chi connectivity index (χ3v) is 5.73. The van der Waals surface area contributed by atoms with Crippen LogP contribution < -0.4 is 10.1 Å². The lowest BCUT2D eigenvalue weighted by atomic mass is 9.92. The van der Waals surface area contributed by atoms with E-state index in [1.165, 1.54) is 0 Å². The predicted octanol–water partition coefficient (Wildman–Crippen LogP) is 4.30. The predicted molar refractivity (Wildman–Crippen MR) is 114 cm³/mol. The maximum atomic E-state index is 12.9. The Balaban J connectivity index is 1.49. The number of hydrogen-bond donors (Lipinski definition) is 1. The topological polar surface area (TPSA) is 58.6 Å². The molecule has 0 saturated carbocycles. The number of nitrogens with one attached hydrogen (secondary N) is 1. The van der Waals surface area contributed by atoms with Crippen LogP contribution in [0.25, 0.3) is 0 Å². The quantitative estimate of drug-likeness (QED) is 0.734. The minimum Gasteiger partial charge on any atom is -0.496 e. The molecule has 29 heavy (non-hydrogen) atoms. The van der Waals surface area contributed by atoms with Gasteiger partial charge in [-0.2, -0.15) is 0 Å². The SMILES string of the molecule is COc1ccccc1C(=O)N1CCCC(CCC(=O)NCc2ccccc2Cl)C1. The average molecular weight is 415 g/mol. The molecule has 1 fully saturated rings. The van der Waals surface area contributed by atoms with Gasteiger partial charge in [0, 0.05) is 31.1 Å². The number of ether oxygens (including phenoxy) is 1. The van der Waals surface area contributed by atoms with E-state index in [0.29, 0.717) is 41.8 Å². The summed E-state index contributed by atoms with van der Waals surface area (Å²) in [7, 11) is 1.58. The molecule has 1 heterocycles. The molecule has 2 amide bonds. The highest BCUT2D eigenvalue weighted by molar-refractivity contribution is 6.31. The number of methoxy groups -OCH3 is 1. The zero-order valence-electron chi connectivity index (χ0n) is 16.7. The van der Waals surface area contributed by atoms with Crippen molar-refractivity contribution in [3.63, 3.8) is 0 Å². The van der Waals surface area contributed by atoms with E-state index in [1.54, 1.807) is 19.2 Å². The molecule has 1 unspecified atom stereocenters. The smallest absolute Gasteiger partial charge is 0.257 e. The Morgan fingerprint density at radius 1 is 1.17 bits per heavy atom. The summed E-state index contributed by atoms with van der Waals surface area (Å²) in [4.78, 5) is 27.0. The molecule has 0 aromatic heterocycles. The fraction of sp³-hybridized carbons (Fsp3) is 0.391. The van der Waals surface area contributed by atoms with E-state index < -0.39 is 0 Å². The van der Waals surface area contributed by atoms with Gasteiger partial charge in [0.05, 0.1) is 12.7 Å². The molecule has 1 aliphatic heterocycles. The number of piperidine rings is 1. The summed E-state index contributed by atoms with van der Waals surface area (Å²) in [6.07, 6.45) is 3.20. The summed E-state index contributed by atoms with van der Waals surface area (Å²) in [5, 5.41) is 3.59. The minimum absolute atomic E-state index is 0.00433. The van der Waals surface area contributed by atoms with Crippen LogP contribution in [0, 0.1) is 5.92 Å². The largest absolute Gasteiger partial charge is 0.496 e. The molecule has 1 saturated heterocycles. The fourth-order valence-corrected chi connectivity index (χ4v) is 3.94. The van der Waals surface area contributed by atoms with E-state index in [-0.39, 0.29) is 11.8 Å². The van der Waals surface area contributed by atoms with Crippen LogP contribution in [0.2, 0.25) is 5.02 Å². The van der Waals surface area contributed by atoms with Gasteiger partial charge in [-0.05, 0) is 48.9 Å². The van der Waals surface area contributed by atoms with Crippen LogP contribution in [-0.2, 0) is 11.3 Å². The van der Waals surface area contributed by atoms with Crippen molar-refractivity contribution < 1.29 is 14.3 Å². The van der Waals surface area contributed by atoms with E-state index in [1.807, 2.05) is 41.3 Å². The van der Waals surface area contributed by atoms with Gasteiger partial charge in [-0.1, -0.05) is 41.9 Å².